The van der Waals surface area contributed by atoms with Gasteiger partial charge in [-0.2, -0.15) is 0 Å². The average Bonchev–Trinajstić information content (AvgIpc) is 2.98. The summed E-state index contributed by atoms with van der Waals surface area (Å²) in [6, 6.07) is 5.52. The van der Waals surface area contributed by atoms with Gasteiger partial charge in [-0.15, -0.1) is 0 Å². The SMILES string of the molecule is NC(=N[C@@H]1C[C@H]1c1ccc(Br)c(F)c1)N1CCC1. The molecular weight excluding hydrogens is 297 g/mol. The number of benzene rings is 1. The summed E-state index contributed by atoms with van der Waals surface area (Å²) in [4.78, 5) is 6.59. The van der Waals surface area contributed by atoms with E-state index in [4.69, 9.17) is 5.73 Å². The van der Waals surface area contributed by atoms with Crippen LogP contribution in [0.5, 0.6) is 0 Å². The van der Waals surface area contributed by atoms with Gasteiger partial charge in [0.1, 0.15) is 5.82 Å². The lowest BCUT2D eigenvalue weighted by Gasteiger charge is -2.31. The first-order chi connectivity index (χ1) is 8.65. The maximum absolute atomic E-state index is 13.4. The highest BCUT2D eigenvalue weighted by Gasteiger charge is 2.39. The highest BCUT2D eigenvalue weighted by atomic mass is 79.9. The fourth-order valence-corrected chi connectivity index (χ4v) is 2.47. The number of nitrogens with two attached hydrogens (primary N) is 1. The van der Waals surface area contributed by atoms with Gasteiger partial charge in [-0.25, -0.2) is 9.38 Å². The number of guanidine groups is 1. The van der Waals surface area contributed by atoms with E-state index < -0.39 is 0 Å². The lowest BCUT2D eigenvalue weighted by atomic mass is 10.1. The standard InChI is InChI=1S/C13H15BrFN3/c14-10-3-2-8(6-11(10)15)9-7-12(9)17-13(16)18-4-1-5-18/h2-3,6,9,12H,1,4-5,7H2,(H2,16,17)/t9-,12+/m0/s1. The van der Waals surface area contributed by atoms with Gasteiger partial charge >= 0.3 is 0 Å². The highest BCUT2D eigenvalue weighted by Crippen LogP contribution is 2.44. The molecular formula is C13H15BrFN3. The van der Waals surface area contributed by atoms with Crippen LogP contribution < -0.4 is 5.73 Å². The van der Waals surface area contributed by atoms with Gasteiger partial charge in [-0.1, -0.05) is 6.07 Å². The van der Waals surface area contributed by atoms with Crippen molar-refractivity contribution >= 4 is 21.9 Å². The Labute approximate surface area is 114 Å². The van der Waals surface area contributed by atoms with E-state index in [1.165, 1.54) is 6.42 Å². The summed E-state index contributed by atoms with van der Waals surface area (Å²) in [5, 5.41) is 0. The lowest BCUT2D eigenvalue weighted by molar-refractivity contribution is 0.295. The minimum Gasteiger partial charge on any atom is -0.370 e. The van der Waals surface area contributed by atoms with Crippen LogP contribution in [-0.4, -0.2) is 30.0 Å². The van der Waals surface area contributed by atoms with Gasteiger partial charge in [-0.3, -0.25) is 0 Å². The summed E-state index contributed by atoms with van der Waals surface area (Å²) in [6.45, 7) is 2.03. The maximum Gasteiger partial charge on any atom is 0.191 e. The van der Waals surface area contributed by atoms with Crippen LogP contribution in [0.2, 0.25) is 0 Å². The predicted octanol–water partition coefficient (Wildman–Crippen LogP) is 2.46. The van der Waals surface area contributed by atoms with E-state index in [1.54, 1.807) is 12.1 Å². The van der Waals surface area contributed by atoms with E-state index in [1.807, 2.05) is 6.07 Å². The van der Waals surface area contributed by atoms with Crippen LogP contribution in [0.15, 0.2) is 27.7 Å². The number of likely N-dealkylation sites (tertiary alicyclic amines) is 1. The van der Waals surface area contributed by atoms with Crippen LogP contribution in [0.3, 0.4) is 0 Å². The molecule has 1 aromatic carbocycles. The molecule has 0 radical (unpaired) electrons. The summed E-state index contributed by atoms with van der Waals surface area (Å²) >= 11 is 3.16. The molecule has 2 fully saturated rings. The lowest BCUT2D eigenvalue weighted by Crippen LogP contribution is -2.46. The van der Waals surface area contributed by atoms with E-state index in [9.17, 15) is 4.39 Å². The number of hydrogen-bond donors (Lipinski definition) is 1. The second-order valence-electron chi connectivity index (χ2n) is 4.91. The molecule has 0 unspecified atom stereocenters. The van der Waals surface area contributed by atoms with E-state index in [0.29, 0.717) is 16.4 Å². The molecule has 1 saturated carbocycles. The van der Waals surface area contributed by atoms with Crippen molar-refractivity contribution in [3.63, 3.8) is 0 Å². The van der Waals surface area contributed by atoms with Gasteiger partial charge in [0.25, 0.3) is 0 Å². The normalized spacial score (nSPS) is 27.0. The number of nitrogens with zero attached hydrogens (tertiary/aromatic N) is 2. The van der Waals surface area contributed by atoms with Crippen molar-refractivity contribution in [1.29, 1.82) is 0 Å². The molecule has 2 N–H and O–H groups in total. The smallest absolute Gasteiger partial charge is 0.191 e. The molecule has 5 heteroatoms. The molecule has 1 aliphatic heterocycles. The highest BCUT2D eigenvalue weighted by molar-refractivity contribution is 9.10. The average molecular weight is 312 g/mol. The van der Waals surface area contributed by atoms with Crippen molar-refractivity contribution in [3.05, 3.63) is 34.1 Å². The summed E-state index contributed by atoms with van der Waals surface area (Å²) in [5.74, 6) is 0.761. The topological polar surface area (TPSA) is 41.6 Å². The zero-order valence-corrected chi connectivity index (χ0v) is 11.5. The number of hydrogen-bond acceptors (Lipinski definition) is 1. The molecule has 1 heterocycles. The Bertz CT molecular complexity index is 499. The minimum atomic E-state index is -0.210. The first-order valence-electron chi connectivity index (χ1n) is 6.18. The summed E-state index contributed by atoms with van der Waals surface area (Å²) in [5.41, 5.74) is 6.92. The zero-order chi connectivity index (χ0) is 12.7. The number of aliphatic imine (C=N–C) groups is 1. The van der Waals surface area contributed by atoms with Crippen LogP contribution in [-0.2, 0) is 0 Å². The van der Waals surface area contributed by atoms with Crippen LogP contribution in [0.25, 0.3) is 0 Å². The van der Waals surface area contributed by atoms with Gasteiger partial charge in [0.15, 0.2) is 5.96 Å². The Kier molecular flexibility index (Phi) is 3.01. The van der Waals surface area contributed by atoms with Gasteiger partial charge in [0.2, 0.25) is 0 Å². The van der Waals surface area contributed by atoms with Crippen LogP contribution >= 0.6 is 15.9 Å². The summed E-state index contributed by atoms with van der Waals surface area (Å²) in [6.07, 6.45) is 2.16. The fraction of sp³-hybridized carbons (Fsp3) is 0.462. The van der Waals surface area contributed by atoms with Crippen molar-refractivity contribution < 1.29 is 4.39 Å². The fourth-order valence-electron chi connectivity index (χ4n) is 2.22. The van der Waals surface area contributed by atoms with Gasteiger partial charge in [0.05, 0.1) is 10.5 Å². The largest absolute Gasteiger partial charge is 0.370 e. The molecule has 0 spiro atoms. The van der Waals surface area contributed by atoms with Crippen LogP contribution in [0, 0.1) is 5.82 Å². The third kappa shape index (κ3) is 2.23. The van der Waals surface area contributed by atoms with E-state index in [0.717, 1.165) is 25.1 Å². The second-order valence-corrected chi connectivity index (χ2v) is 5.77. The third-order valence-corrected chi connectivity index (χ3v) is 4.25. The molecule has 0 aromatic heterocycles. The maximum atomic E-state index is 13.4. The van der Waals surface area contributed by atoms with Crippen molar-refractivity contribution in [3.8, 4) is 0 Å². The molecule has 3 rings (SSSR count). The van der Waals surface area contributed by atoms with Crippen molar-refractivity contribution in [1.82, 2.24) is 4.90 Å². The first kappa shape index (κ1) is 12.0. The monoisotopic (exact) mass is 311 g/mol. The zero-order valence-electron chi connectivity index (χ0n) is 9.94. The molecule has 0 amide bonds. The van der Waals surface area contributed by atoms with Gasteiger partial charge < -0.3 is 10.6 Å². The molecule has 1 aliphatic carbocycles. The molecule has 1 aromatic rings. The predicted molar refractivity (Wildman–Crippen MR) is 73.1 cm³/mol. The first-order valence-corrected chi connectivity index (χ1v) is 6.97. The molecule has 0 bridgehead atoms. The van der Waals surface area contributed by atoms with E-state index in [-0.39, 0.29) is 11.9 Å². The Morgan fingerprint density at radius 3 is 2.83 bits per heavy atom. The molecule has 96 valence electrons. The number of rotatable bonds is 2. The van der Waals surface area contributed by atoms with Crippen molar-refractivity contribution in [2.24, 2.45) is 10.7 Å². The van der Waals surface area contributed by atoms with Crippen molar-refractivity contribution in [2.75, 3.05) is 13.1 Å². The molecule has 1 saturated heterocycles. The number of halogens is 2. The summed E-state index contributed by atoms with van der Waals surface area (Å²) < 4.78 is 13.9. The van der Waals surface area contributed by atoms with E-state index >= 15 is 0 Å². The molecule has 3 nitrogen and oxygen atoms in total. The van der Waals surface area contributed by atoms with Gasteiger partial charge in [-0.05, 0) is 46.5 Å². The summed E-state index contributed by atoms with van der Waals surface area (Å²) in [7, 11) is 0. The van der Waals surface area contributed by atoms with Crippen LogP contribution in [0.4, 0.5) is 4.39 Å². The Morgan fingerprint density at radius 1 is 1.44 bits per heavy atom. The minimum absolute atomic E-state index is 0.210. The van der Waals surface area contributed by atoms with Crippen LogP contribution in [0.1, 0.15) is 24.3 Å². The second kappa shape index (κ2) is 4.53. The third-order valence-electron chi connectivity index (χ3n) is 3.61. The molecule has 2 atom stereocenters. The molecule has 18 heavy (non-hydrogen) atoms. The van der Waals surface area contributed by atoms with Crippen molar-refractivity contribution in [2.45, 2.75) is 24.8 Å². The Balaban J connectivity index is 1.68. The van der Waals surface area contributed by atoms with E-state index in [2.05, 4.69) is 25.8 Å². The quantitative estimate of drug-likeness (QED) is 0.673. The molecule has 2 aliphatic rings. The Hall–Kier alpha value is -1.10. The van der Waals surface area contributed by atoms with Gasteiger partial charge in [0, 0.05) is 19.0 Å². The Morgan fingerprint density at radius 2 is 2.22 bits per heavy atom.